The summed E-state index contributed by atoms with van der Waals surface area (Å²) in [6.45, 7) is 5.50. The van der Waals surface area contributed by atoms with Crippen molar-refractivity contribution in [3.8, 4) is 11.5 Å². The molecule has 7 nitrogen and oxygen atoms in total. The number of ether oxygens (including phenoxy) is 2. The number of likely N-dealkylation sites (tertiary alicyclic amines) is 1. The Kier molecular flexibility index (Phi) is 3.86. The van der Waals surface area contributed by atoms with E-state index >= 15 is 0 Å². The van der Waals surface area contributed by atoms with E-state index in [1.807, 2.05) is 11.0 Å². The quantitative estimate of drug-likeness (QED) is 0.878. The Hall–Kier alpha value is -2.54. The number of rotatable bonds is 2. The number of piperidine rings is 1. The average Bonchev–Trinajstić information content (AvgIpc) is 3.32. The van der Waals surface area contributed by atoms with Crippen LogP contribution in [0.4, 0.5) is 0 Å². The largest absolute Gasteiger partial charge is 0.454 e. The molecule has 3 aliphatic rings. The van der Waals surface area contributed by atoms with Crippen molar-refractivity contribution in [1.29, 1.82) is 0 Å². The van der Waals surface area contributed by atoms with Crippen molar-refractivity contribution < 1.29 is 14.3 Å². The summed E-state index contributed by atoms with van der Waals surface area (Å²) in [6, 6.07) is 6.16. The molecule has 7 heteroatoms. The summed E-state index contributed by atoms with van der Waals surface area (Å²) in [5.74, 6) is 1.80. The predicted octanol–water partition coefficient (Wildman–Crippen LogP) is 2.03. The van der Waals surface area contributed by atoms with Crippen LogP contribution in [0, 0.1) is 0 Å². The van der Waals surface area contributed by atoms with Gasteiger partial charge in [0.1, 0.15) is 0 Å². The Bertz CT molecular complexity index is 870. The molecule has 1 N–H and O–H groups in total. The molecule has 0 unspecified atom stereocenters. The van der Waals surface area contributed by atoms with Crippen LogP contribution in [0.2, 0.25) is 0 Å². The van der Waals surface area contributed by atoms with Crippen LogP contribution in [0.25, 0.3) is 0 Å². The third-order valence-corrected chi connectivity index (χ3v) is 6.17. The number of nitrogens with zero attached hydrogens (tertiary/aromatic N) is 3. The van der Waals surface area contributed by atoms with E-state index < -0.39 is 0 Å². The lowest BCUT2D eigenvalue weighted by atomic mass is 9.78. The zero-order valence-corrected chi connectivity index (χ0v) is 15.5. The number of hydrogen-bond acceptors (Lipinski definition) is 5. The van der Waals surface area contributed by atoms with Gasteiger partial charge in [-0.2, -0.15) is 0 Å². The van der Waals surface area contributed by atoms with E-state index in [0.717, 1.165) is 62.6 Å². The van der Waals surface area contributed by atoms with Crippen LogP contribution in [0.5, 0.6) is 11.5 Å². The molecule has 1 saturated heterocycles. The summed E-state index contributed by atoms with van der Waals surface area (Å²) in [6.07, 6.45) is 4.45. The maximum atomic E-state index is 12.3. The van der Waals surface area contributed by atoms with Crippen molar-refractivity contribution in [3.63, 3.8) is 0 Å². The van der Waals surface area contributed by atoms with Crippen molar-refractivity contribution in [2.75, 3.05) is 26.4 Å². The van der Waals surface area contributed by atoms with Crippen molar-refractivity contribution in [1.82, 2.24) is 19.8 Å². The summed E-state index contributed by atoms with van der Waals surface area (Å²) in [4.78, 5) is 24.7. The Morgan fingerprint density at radius 3 is 2.85 bits per heavy atom. The lowest BCUT2D eigenvalue weighted by Gasteiger charge is -2.50. The van der Waals surface area contributed by atoms with Gasteiger partial charge in [0.25, 0.3) is 0 Å². The normalized spacial score (nSPS) is 20.7. The van der Waals surface area contributed by atoms with Crippen LogP contribution < -0.4 is 9.47 Å². The number of imidazole rings is 1. The molecule has 2 aromatic rings. The molecule has 0 saturated carbocycles. The van der Waals surface area contributed by atoms with Crippen LogP contribution in [-0.2, 0) is 23.3 Å². The molecule has 5 rings (SSSR count). The third-order valence-electron chi connectivity index (χ3n) is 6.17. The molecule has 1 fully saturated rings. The number of fused-ring (bicyclic) bond motifs is 3. The smallest absolute Gasteiger partial charge is 0.231 e. The van der Waals surface area contributed by atoms with Crippen LogP contribution in [0.15, 0.2) is 24.5 Å². The first-order valence-corrected chi connectivity index (χ1v) is 9.57. The first kappa shape index (κ1) is 16.6. The molecule has 4 heterocycles. The zero-order valence-electron chi connectivity index (χ0n) is 15.5. The van der Waals surface area contributed by atoms with Crippen LogP contribution >= 0.6 is 0 Å². The van der Waals surface area contributed by atoms with Gasteiger partial charge < -0.3 is 19.4 Å². The van der Waals surface area contributed by atoms with Gasteiger partial charge in [-0.05, 0) is 30.5 Å². The number of amides is 1. The molecule has 1 aromatic carbocycles. The fourth-order valence-corrected chi connectivity index (χ4v) is 4.82. The fraction of sp³-hybridized carbons (Fsp3) is 0.500. The lowest BCUT2D eigenvalue weighted by molar-refractivity contribution is -0.139. The zero-order chi connectivity index (χ0) is 18.4. The van der Waals surface area contributed by atoms with Crippen molar-refractivity contribution in [2.45, 2.75) is 38.3 Å². The van der Waals surface area contributed by atoms with E-state index in [9.17, 15) is 4.79 Å². The molecule has 27 heavy (non-hydrogen) atoms. The van der Waals surface area contributed by atoms with E-state index in [0.29, 0.717) is 6.79 Å². The highest BCUT2D eigenvalue weighted by Crippen LogP contribution is 2.42. The van der Waals surface area contributed by atoms with E-state index in [4.69, 9.17) is 9.47 Å². The number of carbonyl (C=O) groups excluding carboxylic acids is 1. The summed E-state index contributed by atoms with van der Waals surface area (Å²) < 4.78 is 10.9. The average molecular weight is 368 g/mol. The van der Waals surface area contributed by atoms with Gasteiger partial charge in [0.05, 0.1) is 17.6 Å². The molecule has 1 amide bonds. The number of carbonyl (C=O) groups is 1. The number of benzene rings is 1. The second-order valence-electron chi connectivity index (χ2n) is 7.65. The van der Waals surface area contributed by atoms with Crippen molar-refractivity contribution in [2.24, 2.45) is 0 Å². The van der Waals surface area contributed by atoms with Gasteiger partial charge in [-0.3, -0.25) is 9.69 Å². The minimum Gasteiger partial charge on any atom is -0.454 e. The molecule has 1 spiro atoms. The molecule has 0 aliphatic carbocycles. The second kappa shape index (κ2) is 6.27. The first-order chi connectivity index (χ1) is 13.2. The van der Waals surface area contributed by atoms with Gasteiger partial charge in [-0.25, -0.2) is 4.98 Å². The van der Waals surface area contributed by atoms with E-state index in [1.165, 1.54) is 11.3 Å². The topological polar surface area (TPSA) is 70.7 Å². The van der Waals surface area contributed by atoms with Crippen molar-refractivity contribution >= 4 is 5.91 Å². The lowest BCUT2D eigenvalue weighted by Crippen LogP contribution is -2.57. The summed E-state index contributed by atoms with van der Waals surface area (Å²) in [5, 5.41) is 0. The van der Waals surface area contributed by atoms with E-state index in [-0.39, 0.29) is 11.4 Å². The number of aromatic amines is 1. The van der Waals surface area contributed by atoms with Crippen molar-refractivity contribution in [3.05, 3.63) is 41.5 Å². The molecule has 0 atom stereocenters. The highest BCUT2D eigenvalue weighted by Gasteiger charge is 2.47. The number of hydrogen-bond donors (Lipinski definition) is 1. The van der Waals surface area contributed by atoms with Crippen LogP contribution in [-0.4, -0.2) is 52.1 Å². The molecular formula is C20H24N4O3. The SMILES string of the molecule is CC(=O)N1CCc2[nH]cnc2C12CCN(Cc1ccc3c(c1)OCO3)CC2. The molecule has 1 aromatic heterocycles. The third kappa shape index (κ3) is 2.68. The van der Waals surface area contributed by atoms with Gasteiger partial charge in [0, 0.05) is 45.2 Å². The summed E-state index contributed by atoms with van der Waals surface area (Å²) >= 11 is 0. The molecule has 0 bridgehead atoms. The van der Waals surface area contributed by atoms with Crippen LogP contribution in [0.1, 0.15) is 36.7 Å². The first-order valence-electron chi connectivity index (χ1n) is 9.57. The number of H-pyrrole nitrogens is 1. The Morgan fingerprint density at radius 1 is 1.22 bits per heavy atom. The molecule has 142 valence electrons. The number of aromatic nitrogens is 2. The standard InChI is InChI=1S/C20H24N4O3/c1-14(25)24-7-4-16-19(22-12-21-16)20(24)5-8-23(9-6-20)11-15-2-3-17-18(10-15)27-13-26-17/h2-3,10,12H,4-9,11,13H2,1H3,(H,21,22). The second-order valence-corrected chi connectivity index (χ2v) is 7.65. The maximum Gasteiger partial charge on any atom is 0.231 e. The Labute approximate surface area is 158 Å². The van der Waals surface area contributed by atoms with Gasteiger partial charge >= 0.3 is 0 Å². The van der Waals surface area contributed by atoms with Gasteiger partial charge in [-0.15, -0.1) is 0 Å². The predicted molar refractivity (Wildman–Crippen MR) is 98.4 cm³/mol. The minimum atomic E-state index is -0.259. The highest BCUT2D eigenvalue weighted by atomic mass is 16.7. The maximum absolute atomic E-state index is 12.3. The van der Waals surface area contributed by atoms with E-state index in [1.54, 1.807) is 13.3 Å². The minimum absolute atomic E-state index is 0.146. The van der Waals surface area contributed by atoms with Gasteiger partial charge in [0.15, 0.2) is 11.5 Å². The Morgan fingerprint density at radius 2 is 2.04 bits per heavy atom. The Balaban J connectivity index is 1.34. The van der Waals surface area contributed by atoms with E-state index in [2.05, 4.69) is 27.0 Å². The summed E-state index contributed by atoms with van der Waals surface area (Å²) in [7, 11) is 0. The van der Waals surface area contributed by atoms with Gasteiger partial charge in [0.2, 0.25) is 12.7 Å². The molecule has 3 aliphatic heterocycles. The summed E-state index contributed by atoms with van der Waals surface area (Å²) in [5.41, 5.74) is 3.23. The fourth-order valence-electron chi connectivity index (χ4n) is 4.82. The van der Waals surface area contributed by atoms with Crippen LogP contribution in [0.3, 0.4) is 0 Å². The van der Waals surface area contributed by atoms with Gasteiger partial charge in [-0.1, -0.05) is 6.07 Å². The molecule has 0 radical (unpaired) electrons. The monoisotopic (exact) mass is 368 g/mol. The molecular weight excluding hydrogens is 344 g/mol. The number of nitrogens with one attached hydrogen (secondary N) is 1. The highest BCUT2D eigenvalue weighted by molar-refractivity contribution is 5.75.